The maximum Gasteiger partial charge on any atom is 0.355 e. The van der Waals surface area contributed by atoms with Crippen LogP contribution in [0.15, 0.2) is 84.4 Å². The van der Waals surface area contributed by atoms with Gasteiger partial charge in [-0.25, -0.2) is 19.7 Å². The van der Waals surface area contributed by atoms with Crippen LogP contribution in [0.3, 0.4) is 0 Å². The molecule has 4 atom stereocenters. The third-order valence-corrected chi connectivity index (χ3v) is 16.9. The average Bonchev–Trinajstić information content (AvgIpc) is 4.29. The molecule has 5 N–H and O–H groups in total. The van der Waals surface area contributed by atoms with Crippen molar-refractivity contribution in [3.05, 3.63) is 129 Å². The maximum absolute atomic E-state index is 14.2. The number of pyridine rings is 1. The Morgan fingerprint density at radius 2 is 1.62 bits per heavy atom. The average molecular weight is 1090 g/mol. The smallest absolute Gasteiger partial charge is 0.355 e. The Hall–Kier alpha value is -7.35. The molecule has 19 heteroatoms. The van der Waals surface area contributed by atoms with Crippen LogP contribution in [0.4, 0.5) is 10.9 Å². The van der Waals surface area contributed by atoms with Crippen LogP contribution < -0.4 is 20.9 Å². The number of aromatic carboxylic acids is 1. The van der Waals surface area contributed by atoms with E-state index in [-0.39, 0.29) is 48.8 Å². The fourth-order valence-corrected chi connectivity index (χ4v) is 12.4. The first-order chi connectivity index (χ1) is 37.3. The van der Waals surface area contributed by atoms with Crippen molar-refractivity contribution in [1.82, 2.24) is 40.3 Å². The number of anilines is 2. The van der Waals surface area contributed by atoms with E-state index >= 15 is 0 Å². The van der Waals surface area contributed by atoms with Crippen LogP contribution in [-0.4, -0.2) is 101 Å². The molecule has 7 aromatic rings. The Labute approximate surface area is 462 Å². The molecule has 4 amide bonds. The van der Waals surface area contributed by atoms with Crippen molar-refractivity contribution in [2.75, 3.05) is 23.3 Å². The third-order valence-electron chi connectivity index (χ3n) is 14.9. The van der Waals surface area contributed by atoms with E-state index in [9.17, 15) is 34.2 Å². The van der Waals surface area contributed by atoms with E-state index in [1.165, 1.54) is 16.2 Å². The first-order valence-corrected chi connectivity index (χ1v) is 28.4. The third kappa shape index (κ3) is 12.3. The van der Waals surface area contributed by atoms with Gasteiger partial charge in [0.15, 0.2) is 10.8 Å². The molecule has 0 bridgehead atoms. The Balaban J connectivity index is 0.749. The standard InChI is InChI=1S/C59H68N10O7S2/c1-34(38-21-23-40(24-22-38)52-36(3)60-33-77-52)61-55(73)46-30-41(70)31-68(46)56(74)53(59(5,6)7)64-49(71)20-11-9-8-10-14-28-69-37(4)50(35(2)66-69)43-25-26-48(63-51(43)57(75)76)67-29-27-39-16-15-17-42(44(39)32-67)54(72)65-58-62-45-18-12-13-19-47(45)78-58/h12-13,15-19,21-26,33-34,41,46,53,70H,8-11,14,20,27-32H2,1-7H3,(H,61,73)(H,64,71)(H,75,76)(H,62,65,72)/t34?,41-,46+,53?/m1/s1. The number of unbranched alkanes of at least 4 members (excludes halogenated alkanes) is 4. The molecule has 0 radical (unpaired) electrons. The number of nitrogens with one attached hydrogen (secondary N) is 3. The molecular formula is C59H68N10O7S2. The van der Waals surface area contributed by atoms with Crippen LogP contribution in [0.2, 0.25) is 0 Å². The predicted molar refractivity (Wildman–Crippen MR) is 305 cm³/mol. The molecule has 1 saturated heterocycles. The number of hydrogen-bond acceptors (Lipinski definition) is 13. The zero-order valence-corrected chi connectivity index (χ0v) is 46.9. The number of carboxylic acid groups (broad SMARTS) is 1. The number of para-hydroxylation sites is 1. The van der Waals surface area contributed by atoms with Crippen molar-refractivity contribution in [2.45, 2.75) is 137 Å². The molecule has 0 saturated carbocycles. The Morgan fingerprint density at radius 1 is 0.859 bits per heavy atom. The predicted octanol–water partition coefficient (Wildman–Crippen LogP) is 9.83. The lowest BCUT2D eigenvalue weighted by Crippen LogP contribution is -2.57. The van der Waals surface area contributed by atoms with Gasteiger partial charge in [-0.05, 0) is 105 Å². The van der Waals surface area contributed by atoms with Crippen LogP contribution in [0.5, 0.6) is 0 Å². The number of likely N-dealkylation sites (tertiary alicyclic amines) is 1. The normalized spacial score (nSPS) is 16.2. The van der Waals surface area contributed by atoms with Crippen molar-refractivity contribution in [3.63, 3.8) is 0 Å². The minimum Gasteiger partial charge on any atom is -0.476 e. The SMILES string of the molecule is Cc1ncsc1-c1ccc(C(C)NC(=O)[C@@H]2C[C@@H](O)CN2C(=O)C(NC(=O)CCCCCCCn2nc(C)c(-c3ccc(N4CCc5cccc(C(=O)Nc6nc7ccccc7s6)c5C4)nc3C(=O)O)c2C)C(C)(C)C)cc1. The second-order valence-electron chi connectivity index (χ2n) is 21.6. The van der Waals surface area contributed by atoms with Crippen molar-refractivity contribution in [3.8, 4) is 21.6 Å². The van der Waals surface area contributed by atoms with E-state index < -0.39 is 35.5 Å². The lowest BCUT2D eigenvalue weighted by atomic mass is 9.85. The van der Waals surface area contributed by atoms with Crippen molar-refractivity contribution in [2.24, 2.45) is 5.41 Å². The summed E-state index contributed by atoms with van der Waals surface area (Å²) in [5.74, 6) is -1.88. The molecule has 6 heterocycles. The van der Waals surface area contributed by atoms with Gasteiger partial charge in [0.05, 0.1) is 44.1 Å². The van der Waals surface area contributed by atoms with Crippen LogP contribution in [0.1, 0.15) is 133 Å². The lowest BCUT2D eigenvalue weighted by molar-refractivity contribution is -0.144. The molecule has 1 fully saturated rings. The fourth-order valence-electron chi connectivity index (χ4n) is 10.7. The van der Waals surface area contributed by atoms with E-state index in [0.29, 0.717) is 60.2 Å². The van der Waals surface area contributed by atoms with Gasteiger partial charge in [0.25, 0.3) is 5.91 Å². The number of aliphatic hydroxyl groups is 1. The molecule has 2 unspecified atom stereocenters. The molecule has 0 spiro atoms. The van der Waals surface area contributed by atoms with Gasteiger partial charge in [-0.2, -0.15) is 5.10 Å². The number of aliphatic hydroxyl groups excluding tert-OH is 1. The number of benzene rings is 3. The fraction of sp³-hybridized carbons (Fsp3) is 0.407. The monoisotopic (exact) mass is 1090 g/mol. The minimum absolute atomic E-state index is 0.00224. The van der Waals surface area contributed by atoms with Gasteiger partial charge in [0, 0.05) is 61.4 Å². The summed E-state index contributed by atoms with van der Waals surface area (Å²) in [5, 5.41) is 35.6. The molecule has 3 aromatic carbocycles. The summed E-state index contributed by atoms with van der Waals surface area (Å²) >= 11 is 2.99. The summed E-state index contributed by atoms with van der Waals surface area (Å²) in [6.45, 7) is 14.9. The van der Waals surface area contributed by atoms with Crippen LogP contribution in [0.25, 0.3) is 31.8 Å². The summed E-state index contributed by atoms with van der Waals surface area (Å²) < 4.78 is 2.90. The number of carboxylic acids is 1. The number of carbonyl (C=O) groups excluding carboxylic acids is 4. The highest BCUT2D eigenvalue weighted by atomic mass is 32.1. The molecule has 4 aromatic heterocycles. The summed E-state index contributed by atoms with van der Waals surface area (Å²) in [4.78, 5) is 86.1. The van der Waals surface area contributed by atoms with Crippen LogP contribution >= 0.6 is 22.7 Å². The second kappa shape index (κ2) is 23.7. The number of amides is 4. The second-order valence-corrected chi connectivity index (χ2v) is 23.5. The number of β-amino-alcohol motifs (C(OH)–C–C–N with tert-alkyl or cyclic N) is 1. The molecule has 2 aliphatic heterocycles. The molecule has 408 valence electrons. The number of hydrogen-bond donors (Lipinski definition) is 5. The number of thiazole rings is 2. The molecule has 2 aliphatic rings. The first kappa shape index (κ1) is 55.4. The van der Waals surface area contributed by atoms with E-state index in [0.717, 1.165) is 80.0 Å². The number of carbonyl (C=O) groups is 5. The molecular weight excluding hydrogens is 1020 g/mol. The van der Waals surface area contributed by atoms with Crippen molar-refractivity contribution < 1.29 is 34.2 Å². The summed E-state index contributed by atoms with van der Waals surface area (Å²) in [5.41, 5.74) is 10.1. The summed E-state index contributed by atoms with van der Waals surface area (Å²) in [7, 11) is 0. The minimum atomic E-state index is -1.15. The van der Waals surface area contributed by atoms with E-state index in [1.807, 2.05) is 142 Å². The number of nitrogens with zero attached hydrogens (tertiary/aromatic N) is 7. The Kier molecular flexibility index (Phi) is 16.8. The molecule has 9 rings (SSSR count). The largest absolute Gasteiger partial charge is 0.476 e. The summed E-state index contributed by atoms with van der Waals surface area (Å²) in [6, 6.07) is 22.9. The number of fused-ring (bicyclic) bond motifs is 2. The number of aromatic nitrogens is 5. The van der Waals surface area contributed by atoms with Gasteiger partial charge in [-0.1, -0.05) is 99.9 Å². The van der Waals surface area contributed by atoms with Crippen LogP contribution in [0, 0.1) is 26.2 Å². The maximum atomic E-state index is 14.2. The van der Waals surface area contributed by atoms with Crippen LogP contribution in [-0.2, 0) is 33.9 Å². The first-order valence-electron chi connectivity index (χ1n) is 26.7. The Bertz CT molecular complexity index is 3330. The zero-order chi connectivity index (χ0) is 55.4. The highest BCUT2D eigenvalue weighted by molar-refractivity contribution is 7.22. The lowest BCUT2D eigenvalue weighted by Gasteiger charge is -2.35. The van der Waals surface area contributed by atoms with Gasteiger partial charge in [-0.3, -0.25) is 29.2 Å². The van der Waals surface area contributed by atoms with Gasteiger partial charge in [0.1, 0.15) is 17.9 Å². The number of rotatable bonds is 19. The Morgan fingerprint density at radius 3 is 2.35 bits per heavy atom. The van der Waals surface area contributed by atoms with E-state index in [2.05, 4.69) is 25.9 Å². The van der Waals surface area contributed by atoms with Gasteiger partial charge >= 0.3 is 5.97 Å². The molecule has 0 aliphatic carbocycles. The van der Waals surface area contributed by atoms with E-state index in [4.69, 9.17) is 10.1 Å². The zero-order valence-electron chi connectivity index (χ0n) is 45.3. The highest BCUT2D eigenvalue weighted by Gasteiger charge is 2.45. The summed E-state index contributed by atoms with van der Waals surface area (Å²) in [6.07, 6.45) is 4.14. The van der Waals surface area contributed by atoms with Crippen molar-refractivity contribution >= 4 is 73.4 Å². The topological polar surface area (TPSA) is 225 Å². The highest BCUT2D eigenvalue weighted by Crippen LogP contribution is 2.35. The number of aryl methyl sites for hydroxylation is 3. The van der Waals surface area contributed by atoms with Gasteiger partial charge in [-0.15, -0.1) is 11.3 Å². The molecule has 17 nitrogen and oxygen atoms in total. The quantitative estimate of drug-likeness (QED) is 0.0477. The van der Waals surface area contributed by atoms with Gasteiger partial charge < -0.3 is 30.6 Å². The molecule has 78 heavy (non-hydrogen) atoms. The van der Waals surface area contributed by atoms with Crippen molar-refractivity contribution in [1.29, 1.82) is 0 Å². The van der Waals surface area contributed by atoms with E-state index in [1.54, 1.807) is 11.3 Å². The van der Waals surface area contributed by atoms with Gasteiger partial charge in [0.2, 0.25) is 17.7 Å².